The number of benzene rings is 1. The zero-order chi connectivity index (χ0) is 19.8. The van der Waals surface area contributed by atoms with Crippen molar-refractivity contribution in [2.75, 3.05) is 7.11 Å². The van der Waals surface area contributed by atoms with Crippen LogP contribution < -0.4 is 5.32 Å². The first-order chi connectivity index (χ1) is 12.6. The molecule has 0 saturated heterocycles. The van der Waals surface area contributed by atoms with Crippen LogP contribution in [-0.4, -0.2) is 34.7 Å². The maximum Gasteiger partial charge on any atom is 0.471 e. The molecule has 0 spiro atoms. The van der Waals surface area contributed by atoms with Gasteiger partial charge < -0.3 is 14.6 Å². The van der Waals surface area contributed by atoms with Gasteiger partial charge in [0.25, 0.3) is 5.91 Å². The fraction of sp³-hybridized carbons (Fsp3) is 0.412. The third-order valence-corrected chi connectivity index (χ3v) is 4.45. The molecule has 0 bridgehead atoms. The highest BCUT2D eigenvalue weighted by Gasteiger charge is 2.49. The number of rotatable bonds is 5. The summed E-state index contributed by atoms with van der Waals surface area (Å²) in [6, 6.07) is 5.59. The van der Waals surface area contributed by atoms with E-state index in [1.54, 1.807) is 6.92 Å². The second-order valence-electron chi connectivity index (χ2n) is 6.42. The Morgan fingerprint density at radius 1 is 1.22 bits per heavy atom. The molecule has 3 rings (SSSR count). The molecule has 1 aliphatic rings. The molecule has 1 unspecified atom stereocenters. The first kappa shape index (κ1) is 18.9. The normalized spacial score (nSPS) is 16.5. The van der Waals surface area contributed by atoms with Crippen LogP contribution in [0.3, 0.4) is 0 Å². The number of carbonyl (C=O) groups excluding carboxylic acids is 2. The summed E-state index contributed by atoms with van der Waals surface area (Å²) in [4.78, 5) is 27.8. The molecule has 1 fully saturated rings. The molecule has 1 aliphatic carbocycles. The summed E-state index contributed by atoms with van der Waals surface area (Å²) < 4.78 is 46.5. The lowest BCUT2D eigenvalue weighted by atomic mass is 9.95. The Morgan fingerprint density at radius 3 is 2.33 bits per heavy atom. The van der Waals surface area contributed by atoms with E-state index in [4.69, 9.17) is 4.74 Å². The van der Waals surface area contributed by atoms with Crippen molar-refractivity contribution in [3.05, 3.63) is 35.7 Å². The number of aromatic nitrogens is 2. The van der Waals surface area contributed by atoms with E-state index in [1.807, 2.05) is 0 Å². The third kappa shape index (κ3) is 3.79. The van der Waals surface area contributed by atoms with Crippen molar-refractivity contribution in [2.24, 2.45) is 5.92 Å². The van der Waals surface area contributed by atoms with Crippen LogP contribution in [0, 0.1) is 5.92 Å². The van der Waals surface area contributed by atoms with E-state index in [0.717, 1.165) is 12.8 Å². The Morgan fingerprint density at radius 2 is 1.85 bits per heavy atom. The van der Waals surface area contributed by atoms with Crippen molar-refractivity contribution in [2.45, 2.75) is 31.5 Å². The summed E-state index contributed by atoms with van der Waals surface area (Å²) in [5.41, 5.74) is -0.641. The van der Waals surface area contributed by atoms with Crippen molar-refractivity contribution in [1.29, 1.82) is 0 Å². The highest BCUT2D eigenvalue weighted by molar-refractivity contribution is 5.98. The summed E-state index contributed by atoms with van der Waals surface area (Å²) in [6.45, 7) is 1.61. The number of hydrogen-bond acceptors (Lipinski definition) is 6. The number of alkyl halides is 3. The minimum atomic E-state index is -4.73. The van der Waals surface area contributed by atoms with Crippen LogP contribution in [0.15, 0.2) is 28.8 Å². The lowest BCUT2D eigenvalue weighted by Crippen LogP contribution is -2.54. The number of nitrogens with zero attached hydrogens (tertiary/aromatic N) is 2. The molecule has 144 valence electrons. The zero-order valence-corrected chi connectivity index (χ0v) is 14.5. The number of nitrogens with one attached hydrogen (secondary N) is 1. The zero-order valence-electron chi connectivity index (χ0n) is 14.5. The van der Waals surface area contributed by atoms with Crippen molar-refractivity contribution in [3.63, 3.8) is 0 Å². The molecule has 0 aliphatic heterocycles. The highest BCUT2D eigenvalue weighted by atomic mass is 19.4. The Kier molecular flexibility index (Phi) is 4.66. The number of amides is 1. The SMILES string of the molecule is COC(=O)C(C)(NC(=O)c1ccc(-c2noc(C(F)(F)F)n2)cc1)C1CC1. The van der Waals surface area contributed by atoms with Crippen LogP contribution in [0.5, 0.6) is 0 Å². The fourth-order valence-corrected chi connectivity index (χ4v) is 2.73. The van der Waals surface area contributed by atoms with Gasteiger partial charge in [0.1, 0.15) is 5.54 Å². The van der Waals surface area contributed by atoms with Gasteiger partial charge in [-0.05, 0) is 37.8 Å². The smallest absolute Gasteiger partial charge is 0.467 e. The van der Waals surface area contributed by atoms with Gasteiger partial charge in [0, 0.05) is 11.1 Å². The fourth-order valence-electron chi connectivity index (χ4n) is 2.73. The molecule has 10 heteroatoms. The molecular formula is C17H16F3N3O4. The van der Waals surface area contributed by atoms with E-state index in [2.05, 4.69) is 20.0 Å². The van der Waals surface area contributed by atoms with Gasteiger partial charge in [0.2, 0.25) is 5.82 Å². The van der Waals surface area contributed by atoms with Gasteiger partial charge in [0.05, 0.1) is 7.11 Å². The quantitative estimate of drug-likeness (QED) is 0.798. The highest BCUT2D eigenvalue weighted by Crippen LogP contribution is 2.40. The molecule has 1 N–H and O–H groups in total. The minimum Gasteiger partial charge on any atom is -0.467 e. The van der Waals surface area contributed by atoms with E-state index >= 15 is 0 Å². The standard InChI is InChI=1S/C17H16F3N3O4/c1-16(11-7-8-11,15(25)26-2)22-13(24)10-5-3-9(4-6-10)12-21-14(27-23-12)17(18,19)20/h3-6,11H,7-8H2,1-2H3,(H,22,24). The van der Waals surface area contributed by atoms with Crippen molar-refractivity contribution >= 4 is 11.9 Å². The monoisotopic (exact) mass is 383 g/mol. The number of hydrogen-bond donors (Lipinski definition) is 1. The number of halogens is 3. The molecule has 1 amide bonds. The van der Waals surface area contributed by atoms with Gasteiger partial charge in [-0.25, -0.2) is 4.79 Å². The lowest BCUT2D eigenvalue weighted by Gasteiger charge is -2.27. The molecule has 27 heavy (non-hydrogen) atoms. The van der Waals surface area contributed by atoms with Gasteiger partial charge >= 0.3 is 18.0 Å². The number of methoxy groups -OCH3 is 1. The van der Waals surface area contributed by atoms with E-state index < -0.39 is 29.5 Å². The Balaban J connectivity index is 1.76. The van der Waals surface area contributed by atoms with Crippen LogP contribution in [0.4, 0.5) is 13.2 Å². The number of carbonyl (C=O) groups is 2. The van der Waals surface area contributed by atoms with E-state index in [-0.39, 0.29) is 22.9 Å². The topological polar surface area (TPSA) is 94.3 Å². The predicted octanol–water partition coefficient (Wildman–Crippen LogP) is 2.83. The van der Waals surface area contributed by atoms with Crippen LogP contribution in [0.1, 0.15) is 36.0 Å². The Labute approximate surface area is 151 Å². The van der Waals surface area contributed by atoms with Crippen molar-refractivity contribution in [3.8, 4) is 11.4 Å². The van der Waals surface area contributed by atoms with Gasteiger partial charge in [-0.2, -0.15) is 18.2 Å². The van der Waals surface area contributed by atoms with Crippen LogP contribution in [0.2, 0.25) is 0 Å². The average molecular weight is 383 g/mol. The van der Waals surface area contributed by atoms with Gasteiger partial charge in [-0.1, -0.05) is 17.3 Å². The Hall–Kier alpha value is -2.91. The third-order valence-electron chi connectivity index (χ3n) is 4.45. The van der Waals surface area contributed by atoms with Crippen molar-refractivity contribution < 1.29 is 32.0 Å². The molecule has 0 radical (unpaired) electrons. The largest absolute Gasteiger partial charge is 0.471 e. The summed E-state index contributed by atoms with van der Waals surface area (Å²) in [6.07, 6.45) is -3.11. The van der Waals surface area contributed by atoms with Gasteiger partial charge in [0.15, 0.2) is 0 Å². The number of esters is 1. The van der Waals surface area contributed by atoms with Crippen LogP contribution in [0.25, 0.3) is 11.4 Å². The molecule has 1 heterocycles. The Bertz CT molecular complexity index is 859. The van der Waals surface area contributed by atoms with E-state index in [9.17, 15) is 22.8 Å². The molecule has 2 aromatic rings. The average Bonchev–Trinajstić information content (AvgIpc) is 3.37. The second kappa shape index (κ2) is 6.67. The molecule has 1 atom stereocenters. The van der Waals surface area contributed by atoms with E-state index in [1.165, 1.54) is 31.4 Å². The maximum absolute atomic E-state index is 12.5. The summed E-state index contributed by atoms with van der Waals surface area (Å²) >= 11 is 0. The van der Waals surface area contributed by atoms with Crippen LogP contribution >= 0.6 is 0 Å². The van der Waals surface area contributed by atoms with Crippen molar-refractivity contribution in [1.82, 2.24) is 15.5 Å². The van der Waals surface area contributed by atoms with E-state index in [0.29, 0.717) is 0 Å². The predicted molar refractivity (Wildman–Crippen MR) is 85.3 cm³/mol. The lowest BCUT2D eigenvalue weighted by molar-refractivity contribution is -0.159. The molecular weight excluding hydrogens is 367 g/mol. The van der Waals surface area contributed by atoms with Gasteiger partial charge in [-0.3, -0.25) is 4.79 Å². The molecule has 1 aromatic heterocycles. The minimum absolute atomic E-state index is 0.00768. The first-order valence-electron chi connectivity index (χ1n) is 8.07. The van der Waals surface area contributed by atoms with Gasteiger partial charge in [-0.15, -0.1) is 0 Å². The summed E-state index contributed by atoms with van der Waals surface area (Å²) in [7, 11) is 1.25. The summed E-state index contributed by atoms with van der Waals surface area (Å²) in [5.74, 6) is -2.70. The van der Waals surface area contributed by atoms with Crippen LogP contribution in [-0.2, 0) is 15.7 Å². The first-order valence-corrected chi connectivity index (χ1v) is 8.07. The summed E-state index contributed by atoms with van der Waals surface area (Å²) in [5, 5.41) is 5.98. The maximum atomic E-state index is 12.5. The second-order valence-corrected chi connectivity index (χ2v) is 6.42. The number of ether oxygens (including phenoxy) is 1. The molecule has 1 saturated carbocycles. The molecule has 1 aromatic carbocycles. The molecule has 7 nitrogen and oxygen atoms in total.